The van der Waals surface area contributed by atoms with E-state index in [1.54, 1.807) is 7.11 Å². The third kappa shape index (κ3) is 4.16. The van der Waals surface area contributed by atoms with Crippen molar-refractivity contribution in [1.29, 1.82) is 0 Å². The summed E-state index contributed by atoms with van der Waals surface area (Å²) in [7, 11) is 1.68. The van der Waals surface area contributed by atoms with Crippen LogP contribution in [-0.2, 0) is 6.54 Å². The summed E-state index contributed by atoms with van der Waals surface area (Å²) >= 11 is 0. The lowest BCUT2D eigenvalue weighted by atomic mass is 9.89. The van der Waals surface area contributed by atoms with E-state index in [4.69, 9.17) is 4.74 Å². The molecule has 0 spiro atoms. The van der Waals surface area contributed by atoms with Gasteiger partial charge in [-0.3, -0.25) is 9.88 Å². The van der Waals surface area contributed by atoms with Crippen molar-refractivity contribution in [2.75, 3.05) is 20.2 Å². The molecule has 3 heterocycles. The first-order valence-corrected chi connectivity index (χ1v) is 10.8. The number of nitrogens with zero attached hydrogens (tertiary/aromatic N) is 5. The van der Waals surface area contributed by atoms with E-state index >= 15 is 0 Å². The topological polar surface area (TPSA) is 56.1 Å². The molecule has 0 saturated carbocycles. The van der Waals surface area contributed by atoms with Crippen LogP contribution in [0.4, 0.5) is 0 Å². The molecule has 0 radical (unpaired) electrons. The predicted molar refractivity (Wildman–Crippen MR) is 122 cm³/mol. The highest BCUT2D eigenvalue weighted by Crippen LogP contribution is 2.29. The van der Waals surface area contributed by atoms with E-state index in [0.717, 1.165) is 53.4 Å². The van der Waals surface area contributed by atoms with E-state index in [2.05, 4.69) is 50.5 Å². The lowest BCUT2D eigenvalue weighted by Crippen LogP contribution is -2.32. The number of ether oxygens (including phenoxy) is 1. The summed E-state index contributed by atoms with van der Waals surface area (Å²) in [5, 5.41) is 9.90. The third-order valence-corrected chi connectivity index (χ3v) is 6.15. The van der Waals surface area contributed by atoms with Crippen molar-refractivity contribution in [2.45, 2.75) is 32.2 Å². The SMILES string of the molecule is COc1ccc2nc(C)cc(-n3cc(CN4CCC(c5ccccc5)CC4)nn3)c2c1. The summed E-state index contributed by atoms with van der Waals surface area (Å²) in [6.07, 6.45) is 4.41. The second-order valence-corrected chi connectivity index (χ2v) is 8.28. The Morgan fingerprint density at radius 1 is 1.03 bits per heavy atom. The summed E-state index contributed by atoms with van der Waals surface area (Å²) in [5.74, 6) is 1.47. The van der Waals surface area contributed by atoms with Gasteiger partial charge in [0.25, 0.3) is 0 Å². The Kier molecular flexibility index (Phi) is 5.38. The highest BCUT2D eigenvalue weighted by atomic mass is 16.5. The maximum absolute atomic E-state index is 5.41. The Hall–Kier alpha value is -3.25. The highest BCUT2D eigenvalue weighted by Gasteiger charge is 2.21. The van der Waals surface area contributed by atoms with Crippen LogP contribution in [0.15, 0.2) is 60.8 Å². The fraction of sp³-hybridized carbons (Fsp3) is 0.320. The van der Waals surface area contributed by atoms with Crippen molar-refractivity contribution >= 4 is 10.9 Å². The molecule has 0 N–H and O–H groups in total. The molecule has 0 bridgehead atoms. The van der Waals surface area contributed by atoms with Crippen LogP contribution in [0.25, 0.3) is 16.6 Å². The molecule has 2 aromatic carbocycles. The zero-order valence-corrected chi connectivity index (χ0v) is 18.0. The van der Waals surface area contributed by atoms with E-state index in [1.165, 1.54) is 18.4 Å². The van der Waals surface area contributed by atoms with Crippen LogP contribution in [0.2, 0.25) is 0 Å². The molecule has 1 aliphatic heterocycles. The largest absolute Gasteiger partial charge is 0.497 e. The van der Waals surface area contributed by atoms with Gasteiger partial charge in [0.05, 0.1) is 30.2 Å². The predicted octanol–water partition coefficient (Wildman–Crippen LogP) is 4.51. The normalized spacial score (nSPS) is 15.4. The van der Waals surface area contributed by atoms with Gasteiger partial charge in [-0.1, -0.05) is 35.5 Å². The van der Waals surface area contributed by atoms with Crippen LogP contribution in [0, 0.1) is 6.92 Å². The summed E-state index contributed by atoms with van der Waals surface area (Å²) in [6, 6.07) is 18.8. The van der Waals surface area contributed by atoms with Gasteiger partial charge >= 0.3 is 0 Å². The monoisotopic (exact) mass is 413 g/mol. The molecule has 1 fully saturated rings. The standard InChI is InChI=1S/C25H27N5O/c1-18-14-25(23-15-22(31-2)8-9-24(23)26-18)30-17-21(27-28-30)16-29-12-10-20(11-13-29)19-6-4-3-5-7-19/h3-9,14-15,17,20H,10-13,16H2,1-2H3. The lowest BCUT2D eigenvalue weighted by Gasteiger charge is -2.31. The average molecular weight is 414 g/mol. The van der Waals surface area contributed by atoms with Crippen LogP contribution in [-0.4, -0.2) is 45.1 Å². The highest BCUT2D eigenvalue weighted by molar-refractivity contribution is 5.88. The maximum atomic E-state index is 5.41. The fourth-order valence-corrected chi connectivity index (χ4v) is 4.50. The van der Waals surface area contributed by atoms with E-state index in [9.17, 15) is 0 Å². The zero-order valence-electron chi connectivity index (χ0n) is 18.0. The first kappa shape index (κ1) is 19.7. The zero-order chi connectivity index (χ0) is 21.2. The van der Waals surface area contributed by atoms with Gasteiger partial charge in [0.1, 0.15) is 5.75 Å². The molecule has 1 saturated heterocycles. The molecule has 0 unspecified atom stereocenters. The first-order chi connectivity index (χ1) is 15.2. The number of fused-ring (bicyclic) bond motifs is 1. The van der Waals surface area contributed by atoms with Crippen molar-refractivity contribution in [3.63, 3.8) is 0 Å². The second-order valence-electron chi connectivity index (χ2n) is 8.28. The molecular formula is C25H27N5O. The van der Waals surface area contributed by atoms with Gasteiger partial charge < -0.3 is 4.74 Å². The number of hydrogen-bond donors (Lipinski definition) is 0. The number of likely N-dealkylation sites (tertiary alicyclic amines) is 1. The molecule has 31 heavy (non-hydrogen) atoms. The van der Waals surface area contributed by atoms with Crippen molar-refractivity contribution in [3.8, 4) is 11.4 Å². The molecule has 4 aromatic rings. The maximum Gasteiger partial charge on any atom is 0.119 e. The Bertz CT molecular complexity index is 1180. The van der Waals surface area contributed by atoms with Gasteiger partial charge in [-0.25, -0.2) is 4.68 Å². The number of benzene rings is 2. The number of aromatic nitrogens is 4. The number of piperidine rings is 1. The number of pyridine rings is 1. The summed E-state index contributed by atoms with van der Waals surface area (Å²) in [5.41, 5.74) is 5.30. The Balaban J connectivity index is 1.32. The van der Waals surface area contributed by atoms with Crippen molar-refractivity contribution < 1.29 is 4.74 Å². The molecule has 158 valence electrons. The van der Waals surface area contributed by atoms with Crippen LogP contribution >= 0.6 is 0 Å². The molecular weight excluding hydrogens is 386 g/mol. The quantitative estimate of drug-likeness (QED) is 0.482. The summed E-state index contributed by atoms with van der Waals surface area (Å²) < 4.78 is 7.27. The van der Waals surface area contributed by atoms with Crippen LogP contribution in [0.1, 0.15) is 35.7 Å². The Labute approximate surface area is 182 Å². The number of hydrogen-bond acceptors (Lipinski definition) is 5. The molecule has 6 heteroatoms. The Morgan fingerprint density at radius 2 is 1.84 bits per heavy atom. The number of rotatable bonds is 5. The molecule has 5 rings (SSSR count). The second kappa shape index (κ2) is 8.47. The Morgan fingerprint density at radius 3 is 2.61 bits per heavy atom. The summed E-state index contributed by atoms with van der Waals surface area (Å²) in [6.45, 7) is 5.00. The van der Waals surface area contributed by atoms with E-state index in [-0.39, 0.29) is 0 Å². The minimum absolute atomic E-state index is 0.661. The van der Waals surface area contributed by atoms with Crippen molar-refractivity contribution in [1.82, 2.24) is 24.9 Å². The van der Waals surface area contributed by atoms with E-state index in [1.807, 2.05) is 42.1 Å². The van der Waals surface area contributed by atoms with Gasteiger partial charge in [0.2, 0.25) is 0 Å². The summed E-state index contributed by atoms with van der Waals surface area (Å²) in [4.78, 5) is 7.12. The van der Waals surface area contributed by atoms with Gasteiger partial charge in [0, 0.05) is 17.6 Å². The third-order valence-electron chi connectivity index (χ3n) is 6.15. The molecule has 2 aromatic heterocycles. The van der Waals surface area contributed by atoms with Gasteiger partial charge in [0.15, 0.2) is 0 Å². The first-order valence-electron chi connectivity index (χ1n) is 10.8. The lowest BCUT2D eigenvalue weighted by molar-refractivity contribution is 0.202. The molecule has 6 nitrogen and oxygen atoms in total. The fourth-order valence-electron chi connectivity index (χ4n) is 4.50. The van der Waals surface area contributed by atoms with Crippen LogP contribution in [0.5, 0.6) is 5.75 Å². The van der Waals surface area contributed by atoms with Gasteiger partial charge in [-0.15, -0.1) is 5.10 Å². The average Bonchev–Trinajstić information content (AvgIpc) is 3.27. The number of aryl methyl sites for hydroxylation is 1. The smallest absolute Gasteiger partial charge is 0.119 e. The minimum atomic E-state index is 0.661. The van der Waals surface area contributed by atoms with E-state index < -0.39 is 0 Å². The number of methoxy groups -OCH3 is 1. The van der Waals surface area contributed by atoms with Crippen LogP contribution < -0.4 is 4.74 Å². The molecule has 0 amide bonds. The van der Waals surface area contributed by atoms with E-state index in [0.29, 0.717) is 5.92 Å². The molecule has 1 aliphatic rings. The minimum Gasteiger partial charge on any atom is -0.497 e. The van der Waals surface area contributed by atoms with Crippen LogP contribution in [0.3, 0.4) is 0 Å². The van der Waals surface area contributed by atoms with Gasteiger partial charge in [-0.2, -0.15) is 0 Å². The van der Waals surface area contributed by atoms with Crippen molar-refractivity contribution in [2.24, 2.45) is 0 Å². The van der Waals surface area contributed by atoms with Gasteiger partial charge in [-0.05, 0) is 68.6 Å². The van der Waals surface area contributed by atoms with Crippen molar-refractivity contribution in [3.05, 3.63) is 77.7 Å². The molecule has 0 atom stereocenters. The molecule has 0 aliphatic carbocycles.